The number of aromatic nitrogens is 2. The smallest absolute Gasteiger partial charge is 0.243 e. The Morgan fingerprint density at radius 3 is 2.11 bits per heavy atom. The lowest BCUT2D eigenvalue weighted by Crippen LogP contribution is -2.21. The van der Waals surface area contributed by atoms with Crippen LogP contribution in [-0.4, -0.2) is 29.5 Å². The second-order valence-corrected chi connectivity index (χ2v) is 8.41. The van der Waals surface area contributed by atoms with E-state index in [2.05, 4.69) is 40.6 Å². The second-order valence-electron chi connectivity index (χ2n) is 8.41. The van der Waals surface area contributed by atoms with Crippen molar-refractivity contribution >= 4 is 18.1 Å². The first-order chi connectivity index (χ1) is 17.6. The summed E-state index contributed by atoms with van der Waals surface area (Å²) in [6.45, 7) is 4.72. The molecular weight excluding hydrogens is 446 g/mol. The van der Waals surface area contributed by atoms with Crippen LogP contribution < -0.4 is 10.1 Å². The number of carbonyl (C=O) groups is 1. The molecule has 4 rings (SSSR count). The van der Waals surface area contributed by atoms with Gasteiger partial charge in [-0.15, -0.1) is 0 Å². The Kier molecular flexibility index (Phi) is 8.14. The molecule has 0 spiro atoms. The number of carbonyl (C=O) groups excluding carboxylic acids is 1. The molecule has 182 valence electrons. The Labute approximate surface area is 212 Å². The number of imidazole rings is 1. The lowest BCUT2D eigenvalue weighted by atomic mass is 10.0. The van der Waals surface area contributed by atoms with Crippen LogP contribution in [0.5, 0.6) is 5.75 Å². The molecule has 0 aliphatic carbocycles. The van der Waals surface area contributed by atoms with Gasteiger partial charge in [-0.05, 0) is 54.8 Å². The highest BCUT2D eigenvalue weighted by Crippen LogP contribution is 2.34. The molecule has 1 heterocycles. The molecule has 0 saturated carbocycles. The van der Waals surface area contributed by atoms with E-state index in [9.17, 15) is 4.79 Å². The SMILES string of the molecule is C/C=C/c1ccc(-c2[nH]c(-c3ccc(OC)cc3)nc2-c2ccc(/C=C/C(=O)NCCC)cc2)cc1. The molecule has 5 nitrogen and oxygen atoms in total. The molecule has 4 aromatic rings. The minimum absolute atomic E-state index is 0.0824. The second kappa shape index (κ2) is 11.8. The number of hydrogen-bond donors (Lipinski definition) is 2. The van der Waals surface area contributed by atoms with Gasteiger partial charge in [0.25, 0.3) is 0 Å². The molecule has 0 radical (unpaired) electrons. The summed E-state index contributed by atoms with van der Waals surface area (Å²) in [5.74, 6) is 1.51. The van der Waals surface area contributed by atoms with Crippen molar-refractivity contribution in [1.82, 2.24) is 15.3 Å². The molecule has 0 aliphatic heterocycles. The molecule has 0 fully saturated rings. The number of rotatable bonds is 9. The van der Waals surface area contributed by atoms with E-state index in [4.69, 9.17) is 9.72 Å². The molecule has 1 amide bonds. The maximum Gasteiger partial charge on any atom is 0.243 e. The summed E-state index contributed by atoms with van der Waals surface area (Å²) in [6.07, 6.45) is 8.41. The highest BCUT2D eigenvalue weighted by atomic mass is 16.5. The third-order valence-electron chi connectivity index (χ3n) is 5.79. The Morgan fingerprint density at radius 2 is 1.50 bits per heavy atom. The number of hydrogen-bond acceptors (Lipinski definition) is 3. The monoisotopic (exact) mass is 477 g/mol. The fourth-order valence-electron chi connectivity index (χ4n) is 3.86. The van der Waals surface area contributed by atoms with Crippen LogP contribution in [0.2, 0.25) is 0 Å². The van der Waals surface area contributed by atoms with Gasteiger partial charge in [0.05, 0.1) is 18.5 Å². The Morgan fingerprint density at radius 1 is 0.889 bits per heavy atom. The number of allylic oxidation sites excluding steroid dienone is 1. The van der Waals surface area contributed by atoms with E-state index in [1.807, 2.05) is 74.5 Å². The normalized spacial score (nSPS) is 11.3. The molecule has 0 bridgehead atoms. The van der Waals surface area contributed by atoms with E-state index in [1.54, 1.807) is 13.2 Å². The zero-order valence-corrected chi connectivity index (χ0v) is 20.9. The number of nitrogens with one attached hydrogen (secondary N) is 2. The maximum atomic E-state index is 11.9. The highest BCUT2D eigenvalue weighted by molar-refractivity contribution is 5.91. The third-order valence-corrected chi connectivity index (χ3v) is 5.79. The Bertz CT molecular complexity index is 1350. The van der Waals surface area contributed by atoms with Gasteiger partial charge in [-0.1, -0.05) is 67.6 Å². The Hall–Kier alpha value is -4.38. The first kappa shape index (κ1) is 24.7. The summed E-state index contributed by atoms with van der Waals surface area (Å²) in [5, 5.41) is 2.85. The van der Waals surface area contributed by atoms with Crippen LogP contribution >= 0.6 is 0 Å². The molecule has 0 aliphatic rings. The van der Waals surface area contributed by atoms with Crippen LogP contribution in [0.1, 0.15) is 31.4 Å². The number of benzene rings is 3. The van der Waals surface area contributed by atoms with Crippen molar-refractivity contribution in [3.05, 3.63) is 96.1 Å². The zero-order chi connectivity index (χ0) is 25.3. The largest absolute Gasteiger partial charge is 0.497 e. The number of methoxy groups -OCH3 is 1. The van der Waals surface area contributed by atoms with Crippen LogP contribution in [0.3, 0.4) is 0 Å². The van der Waals surface area contributed by atoms with E-state index in [-0.39, 0.29) is 5.91 Å². The van der Waals surface area contributed by atoms with Gasteiger partial charge in [0.15, 0.2) is 0 Å². The van der Waals surface area contributed by atoms with Crippen molar-refractivity contribution in [3.8, 4) is 39.7 Å². The fourth-order valence-corrected chi connectivity index (χ4v) is 3.86. The molecule has 36 heavy (non-hydrogen) atoms. The number of ether oxygens (including phenoxy) is 1. The van der Waals surface area contributed by atoms with Crippen molar-refractivity contribution < 1.29 is 9.53 Å². The van der Waals surface area contributed by atoms with Crippen LogP contribution in [0.25, 0.3) is 46.1 Å². The fraction of sp³-hybridized carbons (Fsp3) is 0.161. The molecule has 0 atom stereocenters. The van der Waals surface area contributed by atoms with Gasteiger partial charge < -0.3 is 15.0 Å². The van der Waals surface area contributed by atoms with Crippen molar-refractivity contribution in [3.63, 3.8) is 0 Å². The molecule has 0 saturated heterocycles. The van der Waals surface area contributed by atoms with E-state index < -0.39 is 0 Å². The van der Waals surface area contributed by atoms with Crippen LogP contribution in [0.4, 0.5) is 0 Å². The minimum Gasteiger partial charge on any atom is -0.497 e. The predicted molar refractivity (Wildman–Crippen MR) is 148 cm³/mol. The minimum atomic E-state index is -0.0824. The maximum absolute atomic E-state index is 11.9. The first-order valence-electron chi connectivity index (χ1n) is 12.1. The number of H-pyrrole nitrogens is 1. The van der Waals surface area contributed by atoms with E-state index in [1.165, 1.54) is 0 Å². The molecule has 5 heteroatoms. The third kappa shape index (κ3) is 5.99. The summed E-state index contributed by atoms with van der Waals surface area (Å²) in [4.78, 5) is 20.4. The van der Waals surface area contributed by atoms with Crippen LogP contribution in [-0.2, 0) is 4.79 Å². The molecule has 2 N–H and O–H groups in total. The van der Waals surface area contributed by atoms with Gasteiger partial charge in [0.2, 0.25) is 5.91 Å². The van der Waals surface area contributed by atoms with Gasteiger partial charge in [-0.25, -0.2) is 4.98 Å². The van der Waals surface area contributed by atoms with E-state index in [0.717, 1.165) is 57.2 Å². The lowest BCUT2D eigenvalue weighted by molar-refractivity contribution is -0.116. The predicted octanol–water partition coefficient (Wildman–Crippen LogP) is 6.99. The highest BCUT2D eigenvalue weighted by Gasteiger charge is 2.15. The van der Waals surface area contributed by atoms with Crippen LogP contribution in [0.15, 0.2) is 84.9 Å². The lowest BCUT2D eigenvalue weighted by Gasteiger charge is -2.05. The van der Waals surface area contributed by atoms with Crippen LogP contribution in [0, 0.1) is 0 Å². The topological polar surface area (TPSA) is 67.0 Å². The average Bonchev–Trinajstić information content (AvgIpc) is 3.37. The van der Waals surface area contributed by atoms with Gasteiger partial charge in [-0.3, -0.25) is 4.79 Å². The van der Waals surface area contributed by atoms with Crippen molar-refractivity contribution in [2.45, 2.75) is 20.3 Å². The molecule has 3 aromatic carbocycles. The molecule has 0 unspecified atom stereocenters. The molecule has 1 aromatic heterocycles. The average molecular weight is 478 g/mol. The van der Waals surface area contributed by atoms with Gasteiger partial charge >= 0.3 is 0 Å². The standard InChI is InChI=1S/C31H31N3O2/c1-4-6-22-7-12-24(13-8-22)29-30(34-31(33-29)26-16-18-27(36-3)19-17-26)25-14-9-23(10-15-25)11-20-28(35)32-21-5-2/h4,6-20H,5,21H2,1-3H3,(H,32,35)(H,33,34)/b6-4+,20-11+. The summed E-state index contributed by atoms with van der Waals surface area (Å²) in [7, 11) is 1.66. The Balaban J connectivity index is 1.69. The van der Waals surface area contributed by atoms with E-state index >= 15 is 0 Å². The van der Waals surface area contributed by atoms with Crippen molar-refractivity contribution in [2.24, 2.45) is 0 Å². The summed E-state index contributed by atoms with van der Waals surface area (Å²) in [6, 6.07) is 24.3. The number of aromatic amines is 1. The van der Waals surface area contributed by atoms with Crippen molar-refractivity contribution in [1.29, 1.82) is 0 Å². The van der Waals surface area contributed by atoms with E-state index in [0.29, 0.717) is 6.54 Å². The summed E-state index contributed by atoms with van der Waals surface area (Å²) < 4.78 is 5.30. The zero-order valence-electron chi connectivity index (χ0n) is 20.9. The number of amides is 1. The summed E-state index contributed by atoms with van der Waals surface area (Å²) >= 11 is 0. The van der Waals surface area contributed by atoms with Gasteiger partial charge in [0.1, 0.15) is 11.6 Å². The van der Waals surface area contributed by atoms with Gasteiger partial charge in [-0.2, -0.15) is 0 Å². The molecular formula is C31H31N3O2. The quantitative estimate of drug-likeness (QED) is 0.255. The number of nitrogens with zero attached hydrogens (tertiary/aromatic N) is 1. The van der Waals surface area contributed by atoms with Crippen molar-refractivity contribution in [2.75, 3.05) is 13.7 Å². The van der Waals surface area contributed by atoms with Gasteiger partial charge in [0, 0.05) is 29.3 Å². The first-order valence-corrected chi connectivity index (χ1v) is 12.1. The summed E-state index contributed by atoms with van der Waals surface area (Å²) in [5.41, 5.74) is 6.95.